The number of anilines is 1. The van der Waals surface area contributed by atoms with Crippen LogP contribution in [0.4, 0.5) is 5.69 Å². The Labute approximate surface area is 183 Å². The summed E-state index contributed by atoms with van der Waals surface area (Å²) in [6.45, 7) is 4.52. The predicted molar refractivity (Wildman–Crippen MR) is 119 cm³/mol. The van der Waals surface area contributed by atoms with E-state index in [1.165, 1.54) is 29.6 Å². The van der Waals surface area contributed by atoms with Crippen molar-refractivity contribution in [3.05, 3.63) is 52.5 Å². The van der Waals surface area contributed by atoms with Crippen molar-refractivity contribution in [1.29, 1.82) is 0 Å². The molecule has 3 rings (SSSR count). The number of sulfonamides is 1. The largest absolute Gasteiger partial charge is 0.495 e. The van der Waals surface area contributed by atoms with Gasteiger partial charge in [-0.1, -0.05) is 36.7 Å². The highest BCUT2D eigenvalue weighted by atomic mass is 35.5. The van der Waals surface area contributed by atoms with Crippen LogP contribution in [0.25, 0.3) is 0 Å². The van der Waals surface area contributed by atoms with E-state index in [4.69, 9.17) is 16.3 Å². The molecule has 1 atom stereocenters. The molecular weight excluding hydrogens is 424 g/mol. The zero-order valence-electron chi connectivity index (χ0n) is 17.4. The second-order valence-electron chi connectivity index (χ2n) is 7.45. The number of hydrogen-bond acceptors (Lipinski definition) is 4. The van der Waals surface area contributed by atoms with Gasteiger partial charge in [0.25, 0.3) is 0 Å². The van der Waals surface area contributed by atoms with Gasteiger partial charge in [-0.25, -0.2) is 8.42 Å². The first-order valence-corrected chi connectivity index (χ1v) is 11.8. The summed E-state index contributed by atoms with van der Waals surface area (Å²) in [6.07, 6.45) is 2.07. The van der Waals surface area contributed by atoms with Crippen LogP contribution in [0.2, 0.25) is 5.02 Å². The molecule has 2 aromatic carbocycles. The van der Waals surface area contributed by atoms with E-state index in [0.29, 0.717) is 25.1 Å². The quantitative estimate of drug-likeness (QED) is 0.713. The molecule has 0 radical (unpaired) electrons. The zero-order valence-corrected chi connectivity index (χ0v) is 19.0. The number of nitrogens with zero attached hydrogens (tertiary/aromatic N) is 1. The predicted octanol–water partition coefficient (Wildman–Crippen LogP) is 4.26. The topological polar surface area (TPSA) is 75.7 Å². The van der Waals surface area contributed by atoms with Gasteiger partial charge in [-0.05, 0) is 55.5 Å². The number of ether oxygens (including phenoxy) is 1. The lowest BCUT2D eigenvalue weighted by atomic mass is 9.98. The zero-order chi connectivity index (χ0) is 21.9. The molecule has 1 fully saturated rings. The van der Waals surface area contributed by atoms with Gasteiger partial charge >= 0.3 is 0 Å². The van der Waals surface area contributed by atoms with Crippen molar-refractivity contribution in [3.63, 3.8) is 0 Å². The maximum atomic E-state index is 13.1. The van der Waals surface area contributed by atoms with Crippen molar-refractivity contribution < 1.29 is 17.9 Å². The third kappa shape index (κ3) is 4.63. The average Bonchev–Trinajstić information content (AvgIpc) is 2.75. The van der Waals surface area contributed by atoms with Gasteiger partial charge in [0.1, 0.15) is 5.75 Å². The maximum absolute atomic E-state index is 13.1. The van der Waals surface area contributed by atoms with Crippen LogP contribution in [0, 0.1) is 12.8 Å². The summed E-state index contributed by atoms with van der Waals surface area (Å²) in [5.74, 6) is -0.144. The first-order chi connectivity index (χ1) is 14.3. The Bertz CT molecular complexity index is 1040. The molecule has 1 N–H and O–H groups in total. The van der Waals surface area contributed by atoms with E-state index < -0.39 is 15.9 Å². The summed E-state index contributed by atoms with van der Waals surface area (Å²) in [7, 11) is -2.28. The number of hydrogen-bond donors (Lipinski definition) is 1. The first kappa shape index (κ1) is 22.6. The molecule has 1 heterocycles. The Morgan fingerprint density at radius 1 is 1.30 bits per heavy atom. The highest BCUT2D eigenvalue weighted by Gasteiger charge is 2.34. The van der Waals surface area contributed by atoms with Gasteiger partial charge in [0.15, 0.2) is 0 Å². The highest BCUT2D eigenvalue weighted by molar-refractivity contribution is 7.89. The van der Waals surface area contributed by atoms with Crippen LogP contribution in [0.1, 0.15) is 30.9 Å². The minimum atomic E-state index is -3.76. The number of para-hydroxylation sites is 1. The van der Waals surface area contributed by atoms with E-state index in [0.717, 1.165) is 23.2 Å². The third-order valence-electron chi connectivity index (χ3n) is 5.50. The summed E-state index contributed by atoms with van der Waals surface area (Å²) in [6, 6.07) is 10.3. The number of aryl methyl sites for hydroxylation is 2. The Kier molecular flexibility index (Phi) is 7.06. The van der Waals surface area contributed by atoms with Crippen LogP contribution in [0.5, 0.6) is 5.75 Å². The Morgan fingerprint density at radius 3 is 2.73 bits per heavy atom. The van der Waals surface area contributed by atoms with E-state index in [1.807, 2.05) is 32.0 Å². The van der Waals surface area contributed by atoms with Crippen molar-refractivity contribution in [2.75, 3.05) is 25.5 Å². The second-order valence-corrected chi connectivity index (χ2v) is 9.80. The van der Waals surface area contributed by atoms with E-state index in [9.17, 15) is 13.2 Å². The lowest BCUT2D eigenvalue weighted by molar-refractivity contribution is -0.120. The van der Waals surface area contributed by atoms with Gasteiger partial charge in [0.2, 0.25) is 15.9 Å². The third-order valence-corrected chi connectivity index (χ3v) is 7.66. The molecular formula is C22H27ClN2O4S. The van der Waals surface area contributed by atoms with E-state index in [1.54, 1.807) is 0 Å². The molecule has 0 aliphatic carbocycles. The number of methoxy groups -OCH3 is 1. The number of halogens is 1. The van der Waals surface area contributed by atoms with Gasteiger partial charge in [0.05, 0.1) is 22.9 Å². The van der Waals surface area contributed by atoms with Crippen LogP contribution in [0.3, 0.4) is 0 Å². The lowest BCUT2D eigenvalue weighted by Crippen LogP contribution is -2.43. The normalized spacial score (nSPS) is 17.5. The molecule has 0 spiro atoms. The molecule has 1 saturated heterocycles. The minimum absolute atomic E-state index is 0.0986. The Hall–Kier alpha value is -2.09. The summed E-state index contributed by atoms with van der Waals surface area (Å²) in [4.78, 5) is 13.1. The average molecular weight is 451 g/mol. The molecule has 0 unspecified atom stereocenters. The van der Waals surface area contributed by atoms with Gasteiger partial charge in [-0.2, -0.15) is 4.31 Å². The van der Waals surface area contributed by atoms with Crippen LogP contribution < -0.4 is 10.1 Å². The first-order valence-electron chi connectivity index (χ1n) is 10.0. The van der Waals surface area contributed by atoms with Crippen molar-refractivity contribution in [1.82, 2.24) is 4.31 Å². The number of carbonyl (C=O) groups is 1. The smallest absolute Gasteiger partial charge is 0.243 e. The van der Waals surface area contributed by atoms with Gasteiger partial charge in [-0.3, -0.25) is 4.79 Å². The number of benzene rings is 2. The summed E-state index contributed by atoms with van der Waals surface area (Å²) < 4.78 is 32.7. The van der Waals surface area contributed by atoms with Crippen LogP contribution in [0.15, 0.2) is 41.3 Å². The second kappa shape index (κ2) is 9.37. The SMILES string of the molecule is CCc1cccc(C)c1NC(=O)[C@@H]1CCCN(S(=O)(=O)c2ccc(OC)c(Cl)c2)C1. The number of nitrogens with one attached hydrogen (secondary N) is 1. The fraction of sp³-hybridized carbons (Fsp3) is 0.409. The standard InChI is InChI=1S/C22H27ClN2O4S/c1-4-16-8-5-7-15(2)21(16)24-22(26)17-9-6-12-25(14-17)30(27,28)18-10-11-20(29-3)19(23)13-18/h5,7-8,10-11,13,17H,4,6,9,12,14H2,1-3H3,(H,24,26)/t17-/m1/s1. The van der Waals surface area contributed by atoms with Crippen LogP contribution in [-0.2, 0) is 21.2 Å². The lowest BCUT2D eigenvalue weighted by Gasteiger charge is -2.31. The Morgan fingerprint density at radius 2 is 2.07 bits per heavy atom. The molecule has 0 bridgehead atoms. The van der Waals surface area contributed by atoms with E-state index in [2.05, 4.69) is 5.32 Å². The molecule has 2 aromatic rings. The van der Waals surface area contributed by atoms with Crippen LogP contribution in [-0.4, -0.2) is 38.8 Å². The highest BCUT2D eigenvalue weighted by Crippen LogP contribution is 2.31. The molecule has 6 nitrogen and oxygen atoms in total. The van der Waals surface area contributed by atoms with Gasteiger partial charge < -0.3 is 10.1 Å². The maximum Gasteiger partial charge on any atom is 0.243 e. The number of rotatable bonds is 6. The molecule has 1 aliphatic heterocycles. The number of amides is 1. The summed E-state index contributed by atoms with van der Waals surface area (Å²) in [5.41, 5.74) is 2.89. The number of carbonyl (C=O) groups excluding carboxylic acids is 1. The molecule has 1 amide bonds. The van der Waals surface area contributed by atoms with E-state index >= 15 is 0 Å². The van der Waals surface area contributed by atoms with Crippen molar-refractivity contribution in [3.8, 4) is 5.75 Å². The molecule has 0 saturated carbocycles. The van der Waals surface area contributed by atoms with Gasteiger partial charge in [-0.15, -0.1) is 0 Å². The molecule has 1 aliphatic rings. The summed E-state index contributed by atoms with van der Waals surface area (Å²) >= 11 is 6.12. The van der Waals surface area contributed by atoms with Crippen LogP contribution >= 0.6 is 11.6 Å². The number of piperidine rings is 1. The molecule has 8 heteroatoms. The minimum Gasteiger partial charge on any atom is -0.495 e. The summed E-state index contributed by atoms with van der Waals surface area (Å²) in [5, 5.41) is 3.27. The molecule has 30 heavy (non-hydrogen) atoms. The Balaban J connectivity index is 1.78. The molecule has 0 aromatic heterocycles. The van der Waals surface area contributed by atoms with Crippen molar-refractivity contribution >= 4 is 33.2 Å². The molecule has 162 valence electrons. The fourth-order valence-electron chi connectivity index (χ4n) is 3.76. The monoisotopic (exact) mass is 450 g/mol. The van der Waals surface area contributed by atoms with Crippen molar-refractivity contribution in [2.45, 2.75) is 38.0 Å². The fourth-order valence-corrected chi connectivity index (χ4v) is 5.63. The van der Waals surface area contributed by atoms with Crippen molar-refractivity contribution in [2.24, 2.45) is 5.92 Å². The van der Waals surface area contributed by atoms with E-state index in [-0.39, 0.29) is 22.4 Å². The van der Waals surface area contributed by atoms with Gasteiger partial charge in [0, 0.05) is 18.8 Å².